The van der Waals surface area contributed by atoms with Gasteiger partial charge in [0, 0.05) is 43.0 Å². The fraction of sp³-hybridized carbons (Fsp3) is 0.300. The van der Waals surface area contributed by atoms with Crippen LogP contribution in [0, 0.1) is 0 Å². The van der Waals surface area contributed by atoms with Crippen molar-refractivity contribution in [3.63, 3.8) is 0 Å². The molecule has 39 heavy (non-hydrogen) atoms. The van der Waals surface area contributed by atoms with Gasteiger partial charge in [-0.1, -0.05) is 55.3 Å². The minimum atomic E-state index is -0.993. The molecule has 0 saturated heterocycles. The van der Waals surface area contributed by atoms with Crippen LogP contribution in [0.2, 0.25) is 0 Å². The lowest BCUT2D eigenvalue weighted by Gasteiger charge is -2.22. The van der Waals surface area contributed by atoms with E-state index >= 15 is 0 Å². The van der Waals surface area contributed by atoms with E-state index in [2.05, 4.69) is 20.6 Å². The summed E-state index contributed by atoms with van der Waals surface area (Å²) in [7, 11) is 1.73. The van der Waals surface area contributed by atoms with Crippen LogP contribution in [0.5, 0.6) is 0 Å². The van der Waals surface area contributed by atoms with E-state index in [1.165, 1.54) is 12.3 Å². The molecule has 1 aromatic heterocycles. The number of benzene rings is 2. The van der Waals surface area contributed by atoms with Gasteiger partial charge in [-0.3, -0.25) is 14.4 Å². The number of anilines is 2. The lowest BCUT2D eigenvalue weighted by Crippen LogP contribution is -2.40. The summed E-state index contributed by atoms with van der Waals surface area (Å²) in [6.45, 7) is 0.0761. The number of aliphatic carboxylic acids is 1. The zero-order chi connectivity index (χ0) is 27.6. The Balaban J connectivity index is 1.40. The van der Waals surface area contributed by atoms with Gasteiger partial charge in [-0.05, 0) is 42.2 Å². The minimum absolute atomic E-state index is 0.0761. The number of hydrogen-bond donors (Lipinski definition) is 3. The second-order valence-electron chi connectivity index (χ2n) is 9.72. The van der Waals surface area contributed by atoms with Gasteiger partial charge in [0.1, 0.15) is 11.6 Å². The molecule has 0 bridgehead atoms. The summed E-state index contributed by atoms with van der Waals surface area (Å²) in [6.07, 6.45) is 9.15. The van der Waals surface area contributed by atoms with Crippen LogP contribution in [0.25, 0.3) is 6.08 Å². The molecule has 9 heteroatoms. The SMILES string of the molecule is CN(CC(=O)NC1CCCC1)c1nc(Cc2ccc(NC(=O)C=Cc3ccccc3)cc2)ncc1CC(=O)O. The summed E-state index contributed by atoms with van der Waals surface area (Å²) >= 11 is 0. The first kappa shape index (κ1) is 27.5. The highest BCUT2D eigenvalue weighted by Gasteiger charge is 2.20. The Morgan fingerprint density at radius 2 is 1.77 bits per heavy atom. The summed E-state index contributed by atoms with van der Waals surface area (Å²) in [6, 6.07) is 17.2. The molecule has 1 fully saturated rings. The molecule has 0 unspecified atom stereocenters. The Labute approximate surface area is 228 Å². The number of rotatable bonds is 11. The van der Waals surface area contributed by atoms with Crippen LogP contribution in [0.1, 0.15) is 48.2 Å². The van der Waals surface area contributed by atoms with Crippen LogP contribution < -0.4 is 15.5 Å². The van der Waals surface area contributed by atoms with Gasteiger partial charge >= 0.3 is 5.97 Å². The summed E-state index contributed by atoms with van der Waals surface area (Å²) in [5, 5.41) is 15.2. The van der Waals surface area contributed by atoms with E-state index in [1.807, 2.05) is 54.6 Å². The monoisotopic (exact) mass is 527 g/mol. The fourth-order valence-electron chi connectivity index (χ4n) is 4.58. The Hall–Kier alpha value is -4.53. The van der Waals surface area contributed by atoms with Crippen LogP contribution >= 0.6 is 0 Å². The Morgan fingerprint density at radius 1 is 1.05 bits per heavy atom. The standard InChI is InChI=1S/C30H33N5O4/c1-35(20-28(37)33-24-9-5-6-10-24)30-23(18-29(38)39)19-31-26(34-30)17-22-11-14-25(15-12-22)32-27(36)16-13-21-7-3-2-4-8-21/h2-4,7-8,11-16,19,24H,5-6,9-10,17-18,20H2,1H3,(H,32,36)(H,33,37)(H,38,39). The molecule has 3 aromatic rings. The van der Waals surface area contributed by atoms with Crippen molar-refractivity contribution in [2.75, 3.05) is 23.8 Å². The highest BCUT2D eigenvalue weighted by molar-refractivity contribution is 6.01. The predicted octanol–water partition coefficient (Wildman–Crippen LogP) is 3.84. The van der Waals surface area contributed by atoms with Gasteiger partial charge in [0.15, 0.2) is 0 Å². The Kier molecular flexibility index (Phi) is 9.39. The van der Waals surface area contributed by atoms with Gasteiger partial charge < -0.3 is 20.6 Å². The third-order valence-electron chi connectivity index (χ3n) is 6.51. The molecule has 0 aliphatic heterocycles. The van der Waals surface area contributed by atoms with Gasteiger partial charge in [-0.2, -0.15) is 0 Å². The van der Waals surface area contributed by atoms with E-state index in [0.717, 1.165) is 36.8 Å². The molecule has 9 nitrogen and oxygen atoms in total. The highest BCUT2D eigenvalue weighted by atomic mass is 16.4. The first-order valence-electron chi connectivity index (χ1n) is 13.1. The Bertz CT molecular complexity index is 1320. The number of aromatic nitrogens is 2. The van der Waals surface area contributed by atoms with Crippen molar-refractivity contribution in [3.05, 3.63) is 89.4 Å². The van der Waals surface area contributed by atoms with Crippen molar-refractivity contribution in [1.29, 1.82) is 0 Å². The molecule has 3 N–H and O–H groups in total. The number of nitrogens with one attached hydrogen (secondary N) is 2. The largest absolute Gasteiger partial charge is 0.481 e. The van der Waals surface area contributed by atoms with Crippen molar-refractivity contribution in [1.82, 2.24) is 15.3 Å². The van der Waals surface area contributed by atoms with Crippen molar-refractivity contribution < 1.29 is 19.5 Å². The van der Waals surface area contributed by atoms with E-state index in [4.69, 9.17) is 0 Å². The lowest BCUT2D eigenvalue weighted by molar-refractivity contribution is -0.136. The summed E-state index contributed by atoms with van der Waals surface area (Å²) in [5.41, 5.74) is 2.97. The predicted molar refractivity (Wildman–Crippen MR) is 150 cm³/mol. The molecule has 2 amide bonds. The number of carboxylic acid groups (broad SMARTS) is 1. The molecule has 202 valence electrons. The molecule has 2 aromatic carbocycles. The van der Waals surface area contributed by atoms with Crippen LogP contribution in [0.15, 0.2) is 66.9 Å². The maximum Gasteiger partial charge on any atom is 0.308 e. The van der Waals surface area contributed by atoms with Gasteiger partial charge in [0.05, 0.1) is 13.0 Å². The van der Waals surface area contributed by atoms with Gasteiger partial charge in [0.2, 0.25) is 11.8 Å². The molecule has 0 atom stereocenters. The second-order valence-corrected chi connectivity index (χ2v) is 9.72. The zero-order valence-electron chi connectivity index (χ0n) is 22.0. The molecular formula is C30H33N5O4. The van der Waals surface area contributed by atoms with Crippen LogP contribution in [0.3, 0.4) is 0 Å². The summed E-state index contributed by atoms with van der Waals surface area (Å²) < 4.78 is 0. The Morgan fingerprint density at radius 3 is 2.46 bits per heavy atom. The molecular weight excluding hydrogens is 494 g/mol. The smallest absolute Gasteiger partial charge is 0.308 e. The number of carboxylic acids is 1. The third-order valence-corrected chi connectivity index (χ3v) is 6.51. The molecule has 1 saturated carbocycles. The van der Waals surface area contributed by atoms with Crippen LogP contribution in [-0.2, 0) is 27.2 Å². The number of nitrogens with zero attached hydrogens (tertiary/aromatic N) is 3. The van der Waals surface area contributed by atoms with Crippen molar-refractivity contribution in [2.24, 2.45) is 0 Å². The van der Waals surface area contributed by atoms with E-state index in [-0.39, 0.29) is 30.8 Å². The average molecular weight is 528 g/mol. The topological polar surface area (TPSA) is 125 Å². The first-order chi connectivity index (χ1) is 18.9. The minimum Gasteiger partial charge on any atom is -0.481 e. The molecule has 1 heterocycles. The quantitative estimate of drug-likeness (QED) is 0.324. The number of carbonyl (C=O) groups excluding carboxylic acids is 2. The normalized spacial score (nSPS) is 13.4. The number of likely N-dealkylation sites (N-methyl/N-ethyl adjacent to an activating group) is 1. The third kappa shape index (κ3) is 8.49. The fourth-order valence-corrected chi connectivity index (χ4v) is 4.58. The van der Waals surface area contributed by atoms with Crippen molar-refractivity contribution in [3.8, 4) is 0 Å². The molecule has 1 aliphatic rings. The van der Waals surface area contributed by atoms with Gasteiger partial charge in [0.25, 0.3) is 0 Å². The van der Waals surface area contributed by atoms with E-state index in [9.17, 15) is 19.5 Å². The molecule has 1 aliphatic carbocycles. The number of amides is 2. The van der Waals surface area contributed by atoms with Gasteiger partial charge in [-0.15, -0.1) is 0 Å². The van der Waals surface area contributed by atoms with E-state index in [0.29, 0.717) is 29.3 Å². The maximum atomic E-state index is 12.6. The van der Waals surface area contributed by atoms with Gasteiger partial charge in [-0.25, -0.2) is 9.97 Å². The summed E-state index contributed by atoms with van der Waals surface area (Å²) in [4.78, 5) is 46.9. The average Bonchev–Trinajstić information content (AvgIpc) is 3.42. The summed E-state index contributed by atoms with van der Waals surface area (Å²) in [5.74, 6) is -0.397. The highest BCUT2D eigenvalue weighted by Crippen LogP contribution is 2.20. The number of carbonyl (C=O) groups is 3. The maximum absolute atomic E-state index is 12.6. The van der Waals surface area contributed by atoms with Crippen LogP contribution in [-0.4, -0.2) is 52.5 Å². The molecule has 0 radical (unpaired) electrons. The zero-order valence-corrected chi connectivity index (χ0v) is 22.0. The second kappa shape index (κ2) is 13.3. The van der Waals surface area contributed by atoms with Crippen molar-refractivity contribution in [2.45, 2.75) is 44.6 Å². The molecule has 0 spiro atoms. The van der Waals surface area contributed by atoms with E-state index < -0.39 is 5.97 Å². The lowest BCUT2D eigenvalue weighted by atomic mass is 10.1. The molecule has 4 rings (SSSR count). The van der Waals surface area contributed by atoms with E-state index in [1.54, 1.807) is 18.0 Å². The number of hydrogen-bond acceptors (Lipinski definition) is 6. The first-order valence-corrected chi connectivity index (χ1v) is 13.1. The van der Waals surface area contributed by atoms with Crippen molar-refractivity contribution >= 4 is 35.4 Å². The van der Waals surface area contributed by atoms with Crippen LogP contribution in [0.4, 0.5) is 11.5 Å².